The molecule has 0 spiro atoms. The van der Waals surface area contributed by atoms with Gasteiger partial charge in [-0.3, -0.25) is 9.69 Å². The third-order valence-corrected chi connectivity index (χ3v) is 8.85. The molecule has 4 aromatic rings. The van der Waals surface area contributed by atoms with Gasteiger partial charge in [0, 0.05) is 73.0 Å². The number of anilines is 1. The van der Waals surface area contributed by atoms with E-state index in [9.17, 15) is 9.59 Å². The molecule has 3 aromatic carbocycles. The highest BCUT2D eigenvalue weighted by molar-refractivity contribution is 6.11. The SMILES string of the molecule is COC(=O)c1ccc(Cn2c3c(c4ccccc42)C(=O)C(CN2CCN(c4ccc(C)c(C)c4)CC2)CC3)cc1. The molecule has 1 atom stereocenters. The van der Waals surface area contributed by atoms with Crippen LogP contribution in [-0.2, 0) is 17.7 Å². The van der Waals surface area contributed by atoms with E-state index in [0.29, 0.717) is 12.1 Å². The Kier molecular flexibility index (Phi) is 7.20. The number of para-hydroxylation sites is 1. The van der Waals surface area contributed by atoms with Crippen LogP contribution in [0.2, 0.25) is 0 Å². The fraction of sp³-hybridized carbons (Fsp3) is 0.353. The number of aryl methyl sites for hydroxylation is 2. The van der Waals surface area contributed by atoms with Gasteiger partial charge >= 0.3 is 5.97 Å². The van der Waals surface area contributed by atoms with E-state index < -0.39 is 0 Å². The van der Waals surface area contributed by atoms with E-state index in [0.717, 1.165) is 73.3 Å². The summed E-state index contributed by atoms with van der Waals surface area (Å²) in [4.78, 5) is 30.8. The van der Waals surface area contributed by atoms with Gasteiger partial charge in [-0.25, -0.2) is 4.79 Å². The molecule has 1 aliphatic carbocycles. The first-order valence-corrected chi connectivity index (χ1v) is 14.3. The summed E-state index contributed by atoms with van der Waals surface area (Å²) in [6.07, 6.45) is 1.77. The van der Waals surface area contributed by atoms with Gasteiger partial charge in [-0.15, -0.1) is 0 Å². The van der Waals surface area contributed by atoms with Crippen LogP contribution in [0.25, 0.3) is 10.9 Å². The average Bonchev–Trinajstić information content (AvgIpc) is 3.30. The van der Waals surface area contributed by atoms with Crippen molar-refractivity contribution < 1.29 is 14.3 Å². The molecular formula is C34H37N3O3. The van der Waals surface area contributed by atoms with Crippen molar-refractivity contribution in [2.45, 2.75) is 33.2 Å². The number of esters is 1. The first-order valence-electron chi connectivity index (χ1n) is 14.3. The minimum absolute atomic E-state index is 0.0271. The predicted octanol–water partition coefficient (Wildman–Crippen LogP) is 5.66. The van der Waals surface area contributed by atoms with Gasteiger partial charge in [0.2, 0.25) is 0 Å². The zero-order valence-electron chi connectivity index (χ0n) is 23.7. The second-order valence-electron chi connectivity index (χ2n) is 11.3. The third-order valence-electron chi connectivity index (χ3n) is 8.85. The molecule has 1 aliphatic heterocycles. The second kappa shape index (κ2) is 10.9. The molecule has 40 heavy (non-hydrogen) atoms. The van der Waals surface area contributed by atoms with E-state index >= 15 is 0 Å². The molecule has 2 aliphatic rings. The lowest BCUT2D eigenvalue weighted by Crippen LogP contribution is -2.49. The number of Topliss-reactive ketones (excluding diaryl/α,β-unsaturated/α-hetero) is 1. The van der Waals surface area contributed by atoms with E-state index in [4.69, 9.17) is 4.74 Å². The maximum atomic E-state index is 14.0. The Morgan fingerprint density at radius 2 is 1.68 bits per heavy atom. The Morgan fingerprint density at radius 1 is 0.925 bits per heavy atom. The largest absolute Gasteiger partial charge is 0.465 e. The lowest BCUT2D eigenvalue weighted by Gasteiger charge is -2.38. The number of rotatable bonds is 6. The fourth-order valence-electron chi connectivity index (χ4n) is 6.36. The van der Waals surface area contributed by atoms with Crippen LogP contribution in [0.4, 0.5) is 5.69 Å². The number of fused-ring (bicyclic) bond motifs is 3. The first-order chi connectivity index (χ1) is 19.4. The summed E-state index contributed by atoms with van der Waals surface area (Å²) in [7, 11) is 1.39. The normalized spacial score (nSPS) is 17.7. The van der Waals surface area contributed by atoms with Crippen molar-refractivity contribution in [3.8, 4) is 0 Å². The minimum Gasteiger partial charge on any atom is -0.465 e. The highest BCUT2D eigenvalue weighted by atomic mass is 16.5. The van der Waals surface area contributed by atoms with Gasteiger partial charge in [0.1, 0.15) is 0 Å². The van der Waals surface area contributed by atoms with Crippen molar-refractivity contribution in [3.05, 3.63) is 100 Å². The predicted molar refractivity (Wildman–Crippen MR) is 160 cm³/mol. The van der Waals surface area contributed by atoms with Gasteiger partial charge in [0.25, 0.3) is 0 Å². The number of hydrogen-bond donors (Lipinski definition) is 0. The molecule has 0 bridgehead atoms. The average molecular weight is 536 g/mol. The third kappa shape index (κ3) is 4.92. The second-order valence-corrected chi connectivity index (χ2v) is 11.3. The van der Waals surface area contributed by atoms with E-state index in [1.54, 1.807) is 12.1 Å². The lowest BCUT2D eigenvalue weighted by molar-refractivity contribution is 0.0600. The molecule has 1 saturated heterocycles. The summed E-state index contributed by atoms with van der Waals surface area (Å²) in [5.74, 6) is -0.0215. The summed E-state index contributed by atoms with van der Waals surface area (Å²) in [5, 5.41) is 1.05. The molecule has 1 fully saturated rings. The van der Waals surface area contributed by atoms with Gasteiger partial charge in [-0.1, -0.05) is 36.4 Å². The lowest BCUT2D eigenvalue weighted by atomic mass is 9.84. The van der Waals surface area contributed by atoms with Crippen molar-refractivity contribution in [2.24, 2.45) is 5.92 Å². The minimum atomic E-state index is -0.335. The molecule has 0 N–H and O–H groups in total. The van der Waals surface area contributed by atoms with Gasteiger partial charge in [-0.2, -0.15) is 0 Å². The van der Waals surface area contributed by atoms with Gasteiger partial charge in [0.15, 0.2) is 5.78 Å². The molecule has 6 nitrogen and oxygen atoms in total. The Bertz CT molecular complexity index is 1560. The Labute approximate surface area is 236 Å². The summed E-state index contributed by atoms with van der Waals surface area (Å²) in [6.45, 7) is 9.76. The highest BCUT2D eigenvalue weighted by Crippen LogP contribution is 2.35. The van der Waals surface area contributed by atoms with Crippen LogP contribution in [0, 0.1) is 19.8 Å². The molecule has 0 amide bonds. The van der Waals surface area contributed by atoms with Crippen LogP contribution >= 0.6 is 0 Å². The van der Waals surface area contributed by atoms with Crippen LogP contribution in [0.5, 0.6) is 0 Å². The maximum absolute atomic E-state index is 14.0. The van der Waals surface area contributed by atoms with Crippen LogP contribution in [0.3, 0.4) is 0 Å². The Balaban J connectivity index is 1.18. The van der Waals surface area contributed by atoms with Gasteiger partial charge < -0.3 is 14.2 Å². The first kappa shape index (κ1) is 26.3. The van der Waals surface area contributed by atoms with E-state index in [1.807, 2.05) is 24.3 Å². The number of ether oxygens (including phenoxy) is 1. The van der Waals surface area contributed by atoms with E-state index in [1.165, 1.54) is 23.9 Å². The summed E-state index contributed by atoms with van der Waals surface area (Å²) < 4.78 is 7.14. The zero-order chi connectivity index (χ0) is 27.8. The summed E-state index contributed by atoms with van der Waals surface area (Å²) >= 11 is 0. The van der Waals surface area contributed by atoms with Crippen molar-refractivity contribution in [1.29, 1.82) is 0 Å². The number of benzene rings is 3. The van der Waals surface area contributed by atoms with Crippen molar-refractivity contribution >= 4 is 28.3 Å². The van der Waals surface area contributed by atoms with Crippen LogP contribution < -0.4 is 4.90 Å². The highest BCUT2D eigenvalue weighted by Gasteiger charge is 2.34. The van der Waals surface area contributed by atoms with E-state index in [-0.39, 0.29) is 17.7 Å². The number of hydrogen-bond acceptors (Lipinski definition) is 5. The molecular weight excluding hydrogens is 498 g/mol. The van der Waals surface area contributed by atoms with Gasteiger partial charge in [-0.05, 0) is 73.7 Å². The standard InChI is InChI=1S/C34H37N3O3/c1-23-8-14-28(20-24(23)2)36-18-16-35(17-19-36)22-27-13-15-31-32(33(27)38)29-6-4-5-7-30(29)37(31)21-25-9-11-26(12-10-25)34(39)40-3/h4-12,14,20,27H,13,15-19,21-22H2,1-3H3. The number of carbonyl (C=O) groups is 2. The number of carbonyl (C=O) groups excluding carboxylic acids is 2. The Morgan fingerprint density at radius 3 is 2.40 bits per heavy atom. The molecule has 6 heteroatoms. The number of nitrogens with zero attached hydrogens (tertiary/aromatic N) is 3. The monoisotopic (exact) mass is 535 g/mol. The molecule has 1 unspecified atom stereocenters. The number of ketones is 1. The zero-order valence-corrected chi connectivity index (χ0v) is 23.7. The molecule has 206 valence electrons. The van der Waals surface area contributed by atoms with Gasteiger partial charge in [0.05, 0.1) is 12.7 Å². The van der Waals surface area contributed by atoms with Crippen molar-refractivity contribution in [1.82, 2.24) is 9.47 Å². The molecule has 2 heterocycles. The number of piperazine rings is 1. The van der Waals surface area contributed by atoms with Crippen molar-refractivity contribution in [3.63, 3.8) is 0 Å². The fourth-order valence-corrected chi connectivity index (χ4v) is 6.36. The van der Waals surface area contributed by atoms with Crippen LogP contribution in [-0.4, -0.2) is 61.1 Å². The van der Waals surface area contributed by atoms with Crippen LogP contribution in [0.15, 0.2) is 66.7 Å². The quantitative estimate of drug-likeness (QED) is 0.298. The smallest absolute Gasteiger partial charge is 0.337 e. The van der Waals surface area contributed by atoms with E-state index in [2.05, 4.69) is 58.5 Å². The maximum Gasteiger partial charge on any atom is 0.337 e. The summed E-state index contributed by atoms with van der Waals surface area (Å²) in [6, 6.07) is 22.6. The molecule has 0 saturated carbocycles. The summed E-state index contributed by atoms with van der Waals surface area (Å²) in [5.41, 5.74) is 8.74. The topological polar surface area (TPSA) is 54.8 Å². The molecule has 1 aromatic heterocycles. The number of methoxy groups -OCH3 is 1. The van der Waals surface area contributed by atoms with Crippen LogP contribution in [0.1, 0.15) is 49.5 Å². The Hall–Kier alpha value is -3.90. The number of aromatic nitrogens is 1. The molecule has 6 rings (SSSR count). The molecule has 0 radical (unpaired) electrons. The van der Waals surface area contributed by atoms with Crippen molar-refractivity contribution in [2.75, 3.05) is 44.7 Å².